The van der Waals surface area contributed by atoms with Gasteiger partial charge in [0.05, 0.1) is 29.8 Å². The maximum absolute atomic E-state index is 12.9. The van der Waals surface area contributed by atoms with E-state index in [0.29, 0.717) is 17.1 Å². The molecule has 1 saturated carbocycles. The number of rotatable bonds is 4. The van der Waals surface area contributed by atoms with Crippen molar-refractivity contribution in [2.75, 3.05) is 31.2 Å². The third kappa shape index (κ3) is 4.01. The topological polar surface area (TPSA) is 125 Å². The molecule has 2 aromatic heterocycles. The van der Waals surface area contributed by atoms with Gasteiger partial charge >= 0.3 is 0 Å². The second-order valence-electron chi connectivity index (χ2n) is 9.30. The van der Waals surface area contributed by atoms with Crippen molar-refractivity contribution >= 4 is 33.5 Å². The van der Waals surface area contributed by atoms with Crippen LogP contribution >= 0.6 is 0 Å². The van der Waals surface area contributed by atoms with Crippen molar-refractivity contribution in [1.82, 2.24) is 25.5 Å². The maximum Gasteiger partial charge on any atom is 0.251 e. The summed E-state index contributed by atoms with van der Waals surface area (Å²) in [5.74, 6) is 0.619. The predicted molar refractivity (Wildman–Crippen MR) is 132 cm³/mol. The minimum Gasteiger partial charge on any atom is -0.378 e. The van der Waals surface area contributed by atoms with Gasteiger partial charge in [0.15, 0.2) is 5.82 Å². The highest BCUT2D eigenvalue weighted by molar-refractivity contribution is 6.01. The molecule has 0 unspecified atom stereocenters. The Bertz CT molecular complexity index is 1330. The van der Waals surface area contributed by atoms with Crippen molar-refractivity contribution < 1.29 is 9.53 Å². The number of carbonyl (C=O) groups excluding carboxylic acids is 1. The molecule has 0 bridgehead atoms. The summed E-state index contributed by atoms with van der Waals surface area (Å²) in [4.78, 5) is 23.4. The number of nitrogens with one attached hydrogen (secondary N) is 3. The van der Waals surface area contributed by atoms with E-state index in [-0.39, 0.29) is 18.0 Å². The molecule has 5 N–H and O–H groups in total. The van der Waals surface area contributed by atoms with Gasteiger partial charge in [-0.1, -0.05) is 0 Å². The SMILES string of the molecule is NC1CCC(NC(=O)c2ccc3[nH]nc(-c4nc5ccc(N6CCOCC6)cc5[nH]4)c3c2)CC1. The van der Waals surface area contributed by atoms with Gasteiger partial charge in [0.25, 0.3) is 5.91 Å². The fraction of sp³-hybridized carbons (Fsp3) is 0.400. The largest absolute Gasteiger partial charge is 0.378 e. The molecule has 3 heterocycles. The highest BCUT2D eigenvalue weighted by Crippen LogP contribution is 2.29. The molecule has 0 spiro atoms. The van der Waals surface area contributed by atoms with Crippen LogP contribution in [0, 0.1) is 0 Å². The van der Waals surface area contributed by atoms with Gasteiger partial charge in [-0.3, -0.25) is 9.89 Å². The highest BCUT2D eigenvalue weighted by Gasteiger charge is 2.22. The molecule has 176 valence electrons. The lowest BCUT2D eigenvalue weighted by Crippen LogP contribution is -2.40. The van der Waals surface area contributed by atoms with Crippen LogP contribution in [0.15, 0.2) is 36.4 Å². The predicted octanol–water partition coefficient (Wildman–Crippen LogP) is 2.94. The number of anilines is 1. The zero-order chi connectivity index (χ0) is 23.1. The number of hydrogen-bond donors (Lipinski definition) is 4. The molecule has 2 aliphatic rings. The van der Waals surface area contributed by atoms with Crippen LogP contribution in [0.2, 0.25) is 0 Å². The quantitative estimate of drug-likeness (QED) is 0.372. The lowest BCUT2D eigenvalue weighted by Gasteiger charge is -2.28. The number of aromatic amines is 2. The van der Waals surface area contributed by atoms with Crippen molar-refractivity contribution in [3.05, 3.63) is 42.0 Å². The molecule has 2 aromatic carbocycles. The number of morpholine rings is 1. The Morgan fingerprint density at radius 1 is 1.06 bits per heavy atom. The Kier molecular flexibility index (Phi) is 5.43. The number of carbonyl (C=O) groups is 1. The molecule has 1 amide bonds. The lowest BCUT2D eigenvalue weighted by molar-refractivity contribution is 0.0926. The number of aromatic nitrogens is 4. The van der Waals surface area contributed by atoms with Crippen molar-refractivity contribution in [3.8, 4) is 11.5 Å². The van der Waals surface area contributed by atoms with Crippen LogP contribution in [-0.4, -0.2) is 64.5 Å². The Morgan fingerprint density at radius 3 is 2.71 bits per heavy atom. The standard InChI is InChI=1S/C25H29N7O2/c26-16-2-4-17(5-3-16)27-25(33)15-1-7-20-19(13-15)23(31-30-20)24-28-21-8-6-18(14-22(21)29-24)32-9-11-34-12-10-32/h1,6-8,13-14,16-17H,2-5,9-12,26H2,(H,27,33)(H,28,29)(H,30,31). The molecule has 9 nitrogen and oxygen atoms in total. The molecule has 0 atom stereocenters. The molecule has 2 fully saturated rings. The van der Waals surface area contributed by atoms with Crippen molar-refractivity contribution in [3.63, 3.8) is 0 Å². The monoisotopic (exact) mass is 459 g/mol. The first kappa shape index (κ1) is 21.1. The molecule has 1 aliphatic heterocycles. The van der Waals surface area contributed by atoms with Crippen LogP contribution < -0.4 is 16.0 Å². The number of ether oxygens (including phenoxy) is 1. The number of fused-ring (bicyclic) bond motifs is 2. The summed E-state index contributed by atoms with van der Waals surface area (Å²) >= 11 is 0. The van der Waals surface area contributed by atoms with Gasteiger partial charge in [-0.25, -0.2) is 4.98 Å². The highest BCUT2D eigenvalue weighted by atomic mass is 16.5. The summed E-state index contributed by atoms with van der Waals surface area (Å²) < 4.78 is 5.47. The third-order valence-electron chi connectivity index (χ3n) is 7.00. The van der Waals surface area contributed by atoms with Gasteiger partial charge in [0.1, 0.15) is 5.69 Å². The summed E-state index contributed by atoms with van der Waals surface area (Å²) in [7, 11) is 0. The first-order valence-electron chi connectivity index (χ1n) is 12.0. The van der Waals surface area contributed by atoms with Crippen molar-refractivity contribution in [2.24, 2.45) is 5.73 Å². The average molecular weight is 460 g/mol. The fourth-order valence-corrected chi connectivity index (χ4v) is 5.00. The summed E-state index contributed by atoms with van der Waals surface area (Å²) in [6.45, 7) is 3.26. The number of imidazole rings is 1. The number of nitrogens with two attached hydrogens (primary N) is 1. The van der Waals surface area contributed by atoms with Crippen molar-refractivity contribution in [1.29, 1.82) is 0 Å². The van der Waals surface area contributed by atoms with Crippen molar-refractivity contribution in [2.45, 2.75) is 37.8 Å². The molecular weight excluding hydrogens is 430 g/mol. The molecule has 9 heteroatoms. The van der Waals surface area contributed by atoms with E-state index < -0.39 is 0 Å². The molecule has 4 aromatic rings. The fourth-order valence-electron chi connectivity index (χ4n) is 5.00. The van der Waals surface area contributed by atoms with Gasteiger partial charge in [-0.15, -0.1) is 0 Å². The number of amides is 1. The van der Waals surface area contributed by atoms with Crippen LogP contribution in [0.1, 0.15) is 36.0 Å². The van der Waals surface area contributed by atoms with Gasteiger partial charge < -0.3 is 25.7 Å². The van der Waals surface area contributed by atoms with Gasteiger partial charge in [-0.05, 0) is 62.1 Å². The Labute approximate surface area is 197 Å². The normalized spacial score (nSPS) is 21.3. The smallest absolute Gasteiger partial charge is 0.251 e. The second-order valence-corrected chi connectivity index (χ2v) is 9.30. The molecule has 1 aliphatic carbocycles. The van der Waals surface area contributed by atoms with Crippen LogP contribution in [0.5, 0.6) is 0 Å². The van der Waals surface area contributed by atoms with Gasteiger partial charge in [0, 0.05) is 41.8 Å². The van der Waals surface area contributed by atoms with Crippen LogP contribution in [0.4, 0.5) is 5.69 Å². The van der Waals surface area contributed by atoms with Crippen LogP contribution in [0.3, 0.4) is 0 Å². The van der Waals surface area contributed by atoms with E-state index in [9.17, 15) is 4.79 Å². The number of hydrogen-bond acceptors (Lipinski definition) is 6. The van der Waals surface area contributed by atoms with E-state index in [1.807, 2.05) is 24.3 Å². The van der Waals surface area contributed by atoms with Crippen LogP contribution in [-0.2, 0) is 4.74 Å². The molecule has 1 saturated heterocycles. The van der Waals surface area contributed by atoms with E-state index in [0.717, 1.165) is 79.6 Å². The average Bonchev–Trinajstić information content (AvgIpc) is 3.49. The second kappa shape index (κ2) is 8.73. The lowest BCUT2D eigenvalue weighted by atomic mass is 9.91. The Hall–Kier alpha value is -3.43. The number of H-pyrrole nitrogens is 2. The maximum atomic E-state index is 12.9. The zero-order valence-corrected chi connectivity index (χ0v) is 19.0. The number of nitrogens with zero attached hydrogens (tertiary/aromatic N) is 3. The summed E-state index contributed by atoms with van der Waals surface area (Å²) in [5.41, 5.74) is 11.2. The minimum atomic E-state index is -0.0609. The molecule has 34 heavy (non-hydrogen) atoms. The van der Waals surface area contributed by atoms with E-state index in [1.165, 1.54) is 0 Å². The molecule has 6 rings (SSSR count). The summed E-state index contributed by atoms with van der Waals surface area (Å²) in [6, 6.07) is 12.3. The first-order valence-corrected chi connectivity index (χ1v) is 12.0. The number of benzene rings is 2. The third-order valence-corrected chi connectivity index (χ3v) is 7.00. The van der Waals surface area contributed by atoms with Crippen LogP contribution in [0.25, 0.3) is 33.5 Å². The van der Waals surface area contributed by atoms with E-state index >= 15 is 0 Å². The Balaban J connectivity index is 1.28. The summed E-state index contributed by atoms with van der Waals surface area (Å²) in [6.07, 6.45) is 3.76. The Morgan fingerprint density at radius 2 is 1.88 bits per heavy atom. The van der Waals surface area contributed by atoms with Gasteiger partial charge in [-0.2, -0.15) is 5.10 Å². The first-order chi connectivity index (χ1) is 16.6. The van der Waals surface area contributed by atoms with E-state index in [4.69, 9.17) is 15.5 Å². The zero-order valence-electron chi connectivity index (χ0n) is 19.0. The van der Waals surface area contributed by atoms with Gasteiger partial charge in [0.2, 0.25) is 0 Å². The molecular formula is C25H29N7O2. The molecule has 0 radical (unpaired) electrons. The van der Waals surface area contributed by atoms with E-state index in [2.05, 4.69) is 37.5 Å². The minimum absolute atomic E-state index is 0.0609. The summed E-state index contributed by atoms with van der Waals surface area (Å²) in [5, 5.41) is 11.6. The van der Waals surface area contributed by atoms with E-state index in [1.54, 1.807) is 0 Å².